The lowest BCUT2D eigenvalue weighted by molar-refractivity contribution is 0.330. The summed E-state index contributed by atoms with van der Waals surface area (Å²) in [6, 6.07) is 14.2. The van der Waals surface area contributed by atoms with Gasteiger partial charge < -0.3 is 16.0 Å². The molecule has 1 aliphatic rings. The number of hydrogen-bond donors (Lipinski definition) is 2. The molecule has 8 nitrogen and oxygen atoms in total. The fraction of sp³-hybridized carbons (Fsp3) is 0.286. The lowest BCUT2D eigenvalue weighted by Gasteiger charge is -2.40. The minimum Gasteiger partial charge on any atom is -0.356 e. The van der Waals surface area contributed by atoms with Crippen LogP contribution in [0.2, 0.25) is 0 Å². The van der Waals surface area contributed by atoms with Gasteiger partial charge in [0.05, 0.1) is 12.4 Å². The lowest BCUT2D eigenvalue weighted by atomic mass is 9.83. The lowest BCUT2D eigenvalue weighted by Crippen LogP contribution is -2.52. The Morgan fingerprint density at radius 3 is 2.52 bits per heavy atom. The quantitative estimate of drug-likeness (QED) is 0.687. The van der Waals surface area contributed by atoms with Crippen molar-refractivity contribution in [1.29, 1.82) is 5.26 Å². The Kier molecular flexibility index (Phi) is 5.31. The molecule has 0 unspecified atom stereocenters. The molecule has 1 aromatic carbocycles. The van der Waals surface area contributed by atoms with Crippen molar-refractivity contribution in [3.63, 3.8) is 0 Å². The maximum atomic E-state index is 8.81. The first-order valence-electron chi connectivity index (χ1n) is 9.53. The van der Waals surface area contributed by atoms with Crippen LogP contribution in [0.25, 0.3) is 0 Å². The van der Waals surface area contributed by atoms with Crippen molar-refractivity contribution >= 4 is 17.5 Å². The predicted octanol–water partition coefficient (Wildman–Crippen LogP) is 2.42. The second-order valence-corrected chi connectivity index (χ2v) is 7.30. The molecule has 1 aliphatic heterocycles. The van der Waals surface area contributed by atoms with Crippen LogP contribution in [0.1, 0.15) is 24.1 Å². The Balaban J connectivity index is 1.39. The minimum absolute atomic E-state index is 0.190. The van der Waals surface area contributed by atoms with Crippen LogP contribution >= 0.6 is 0 Å². The van der Waals surface area contributed by atoms with Crippen LogP contribution < -0.4 is 16.0 Å². The van der Waals surface area contributed by atoms with Crippen LogP contribution in [-0.4, -0.2) is 38.6 Å². The van der Waals surface area contributed by atoms with E-state index in [4.69, 9.17) is 11.0 Å². The average molecular weight is 386 g/mol. The number of piperidine rings is 1. The van der Waals surface area contributed by atoms with Crippen LogP contribution in [0.15, 0.2) is 55.1 Å². The molecule has 146 valence electrons. The van der Waals surface area contributed by atoms with Gasteiger partial charge >= 0.3 is 0 Å². The normalized spacial score (nSPS) is 15.5. The van der Waals surface area contributed by atoms with E-state index in [9.17, 15) is 0 Å². The number of hydrogen-bond acceptors (Lipinski definition) is 8. The van der Waals surface area contributed by atoms with E-state index in [1.807, 2.05) is 18.2 Å². The highest BCUT2D eigenvalue weighted by Crippen LogP contribution is 2.27. The van der Waals surface area contributed by atoms with Crippen molar-refractivity contribution in [3.05, 3.63) is 66.4 Å². The molecule has 2 aromatic heterocycles. The van der Waals surface area contributed by atoms with E-state index in [-0.39, 0.29) is 11.2 Å². The third-order valence-electron chi connectivity index (χ3n) is 5.16. The molecule has 0 bridgehead atoms. The second kappa shape index (κ2) is 8.20. The van der Waals surface area contributed by atoms with Crippen molar-refractivity contribution in [3.8, 4) is 6.07 Å². The Labute approximate surface area is 169 Å². The van der Waals surface area contributed by atoms with Crippen molar-refractivity contribution in [1.82, 2.24) is 19.9 Å². The molecule has 1 saturated heterocycles. The van der Waals surface area contributed by atoms with Gasteiger partial charge in [0, 0.05) is 24.7 Å². The molecule has 0 saturated carbocycles. The molecular formula is C21H22N8. The number of rotatable bonds is 5. The van der Waals surface area contributed by atoms with Crippen LogP contribution in [0.5, 0.6) is 0 Å². The molecule has 3 N–H and O–H groups in total. The first-order chi connectivity index (χ1) is 14.1. The van der Waals surface area contributed by atoms with E-state index in [0.717, 1.165) is 38.2 Å². The topological polar surface area (TPSA) is 117 Å². The zero-order valence-corrected chi connectivity index (χ0v) is 16.0. The number of nitrogens with one attached hydrogen (secondary N) is 1. The summed E-state index contributed by atoms with van der Waals surface area (Å²) in [6.45, 7) is 1.69. The van der Waals surface area contributed by atoms with E-state index >= 15 is 0 Å². The molecular weight excluding hydrogens is 364 g/mol. The summed E-state index contributed by atoms with van der Waals surface area (Å²) >= 11 is 0. The zero-order chi connectivity index (χ0) is 20.1. The third kappa shape index (κ3) is 4.65. The number of nitrogens with two attached hydrogens (primary N) is 1. The molecule has 0 radical (unpaired) electrons. The van der Waals surface area contributed by atoms with Crippen molar-refractivity contribution in [2.75, 3.05) is 23.3 Å². The van der Waals surface area contributed by atoms with Crippen molar-refractivity contribution in [2.24, 2.45) is 5.73 Å². The average Bonchev–Trinajstić information content (AvgIpc) is 2.75. The van der Waals surface area contributed by atoms with Gasteiger partial charge in [0.15, 0.2) is 5.69 Å². The third-order valence-corrected chi connectivity index (χ3v) is 5.16. The van der Waals surface area contributed by atoms with Gasteiger partial charge in [0.1, 0.15) is 29.9 Å². The molecule has 4 rings (SSSR count). The number of anilines is 3. The molecule has 1 fully saturated rings. The number of nitrogens with zero attached hydrogens (tertiary/aromatic N) is 6. The molecule has 0 spiro atoms. The largest absolute Gasteiger partial charge is 0.356 e. The molecule has 8 heteroatoms. The van der Waals surface area contributed by atoms with E-state index in [2.05, 4.69) is 54.4 Å². The molecule has 0 amide bonds. The van der Waals surface area contributed by atoms with Crippen molar-refractivity contribution in [2.45, 2.75) is 24.8 Å². The van der Waals surface area contributed by atoms with Gasteiger partial charge in [-0.3, -0.25) is 0 Å². The fourth-order valence-electron chi connectivity index (χ4n) is 3.53. The molecule has 3 heterocycles. The molecule has 0 atom stereocenters. The zero-order valence-electron chi connectivity index (χ0n) is 16.0. The van der Waals surface area contributed by atoms with Crippen LogP contribution in [0.3, 0.4) is 0 Å². The molecule has 3 aromatic rings. The number of nitriles is 1. The monoisotopic (exact) mass is 386 g/mol. The highest BCUT2D eigenvalue weighted by molar-refractivity contribution is 5.56. The highest BCUT2D eigenvalue weighted by atomic mass is 15.2. The predicted molar refractivity (Wildman–Crippen MR) is 111 cm³/mol. The second-order valence-electron chi connectivity index (χ2n) is 7.30. The minimum atomic E-state index is -0.190. The van der Waals surface area contributed by atoms with Crippen LogP contribution in [0, 0.1) is 11.3 Å². The molecule has 29 heavy (non-hydrogen) atoms. The van der Waals surface area contributed by atoms with Gasteiger partial charge in [-0.15, -0.1) is 0 Å². The summed E-state index contributed by atoms with van der Waals surface area (Å²) in [4.78, 5) is 19.1. The Hall–Kier alpha value is -3.57. The first kappa shape index (κ1) is 18.8. The van der Waals surface area contributed by atoms with Crippen LogP contribution in [0.4, 0.5) is 17.5 Å². The van der Waals surface area contributed by atoms with E-state index in [1.165, 1.54) is 24.3 Å². The SMILES string of the molecule is N#Cc1cnc(Nc2cc(N3CCC(N)(Cc4ccccc4)CC3)ncn2)cn1. The maximum absolute atomic E-state index is 8.81. The summed E-state index contributed by atoms with van der Waals surface area (Å²) in [6.07, 6.45) is 7.14. The number of benzene rings is 1. The van der Waals surface area contributed by atoms with Gasteiger partial charge in [0.25, 0.3) is 0 Å². The van der Waals surface area contributed by atoms with Gasteiger partial charge in [-0.05, 0) is 24.8 Å². The summed E-state index contributed by atoms with van der Waals surface area (Å²) in [5.74, 6) is 2.00. The van der Waals surface area contributed by atoms with Crippen molar-refractivity contribution < 1.29 is 0 Å². The number of aromatic nitrogens is 4. The highest BCUT2D eigenvalue weighted by Gasteiger charge is 2.31. The Morgan fingerprint density at radius 1 is 1.03 bits per heavy atom. The van der Waals surface area contributed by atoms with E-state index in [0.29, 0.717) is 11.6 Å². The summed E-state index contributed by atoms with van der Waals surface area (Å²) in [5.41, 5.74) is 8.04. The first-order valence-corrected chi connectivity index (χ1v) is 9.53. The fourth-order valence-corrected chi connectivity index (χ4v) is 3.53. The standard InChI is InChI=1S/C21H22N8/c22-12-17-13-25-19(14-24-17)28-18-10-20(27-15-26-18)29-8-6-21(23,7-9-29)11-16-4-2-1-3-5-16/h1-5,10,13-15H,6-9,11,23H2,(H,25,26,27,28). The van der Waals surface area contributed by atoms with Gasteiger partial charge in [-0.25, -0.2) is 19.9 Å². The Bertz CT molecular complexity index is 989. The van der Waals surface area contributed by atoms with Crippen LogP contribution in [-0.2, 0) is 6.42 Å². The Morgan fingerprint density at radius 2 is 1.83 bits per heavy atom. The van der Waals surface area contributed by atoms with Gasteiger partial charge in [-0.2, -0.15) is 5.26 Å². The summed E-state index contributed by atoms with van der Waals surface area (Å²) < 4.78 is 0. The maximum Gasteiger partial charge on any atom is 0.158 e. The summed E-state index contributed by atoms with van der Waals surface area (Å²) in [5, 5.41) is 11.9. The van der Waals surface area contributed by atoms with Gasteiger partial charge in [-0.1, -0.05) is 30.3 Å². The molecule has 0 aliphatic carbocycles. The van der Waals surface area contributed by atoms with Gasteiger partial charge in [0.2, 0.25) is 0 Å². The van der Waals surface area contributed by atoms with E-state index < -0.39 is 0 Å². The van der Waals surface area contributed by atoms with E-state index in [1.54, 1.807) is 0 Å². The summed E-state index contributed by atoms with van der Waals surface area (Å²) in [7, 11) is 0. The smallest absolute Gasteiger partial charge is 0.158 e.